The highest BCUT2D eigenvalue weighted by atomic mass is 79.9. The summed E-state index contributed by atoms with van der Waals surface area (Å²) in [5.74, 6) is 0.343. The van der Waals surface area contributed by atoms with Gasteiger partial charge in [0.05, 0.1) is 17.8 Å². The summed E-state index contributed by atoms with van der Waals surface area (Å²) in [7, 11) is 0. The lowest BCUT2D eigenvalue weighted by Gasteiger charge is -2.37. The van der Waals surface area contributed by atoms with Crippen molar-refractivity contribution in [1.29, 1.82) is 0 Å². The van der Waals surface area contributed by atoms with Gasteiger partial charge in [-0.25, -0.2) is 4.98 Å². The molecular formula is C12H14BrF3N2O. The number of morpholine rings is 1. The van der Waals surface area contributed by atoms with Crippen LogP contribution < -0.4 is 4.90 Å². The maximum atomic E-state index is 12.7. The van der Waals surface area contributed by atoms with Gasteiger partial charge >= 0.3 is 6.18 Å². The SMILES string of the molecule is CC1CN(c2cc(C(F)(F)F)ccn2)CC(CBr)O1. The number of hydrogen-bond acceptors (Lipinski definition) is 3. The molecule has 7 heteroatoms. The lowest BCUT2D eigenvalue weighted by molar-refractivity contribution is -0.137. The molecule has 2 atom stereocenters. The molecule has 0 amide bonds. The number of rotatable bonds is 2. The van der Waals surface area contributed by atoms with Crippen molar-refractivity contribution in [1.82, 2.24) is 4.98 Å². The first-order valence-corrected chi connectivity index (χ1v) is 7.02. The maximum absolute atomic E-state index is 12.7. The van der Waals surface area contributed by atoms with E-state index >= 15 is 0 Å². The van der Waals surface area contributed by atoms with Gasteiger partial charge in [0.1, 0.15) is 5.82 Å². The van der Waals surface area contributed by atoms with Crippen LogP contribution in [0.4, 0.5) is 19.0 Å². The Balaban J connectivity index is 2.21. The highest BCUT2D eigenvalue weighted by Gasteiger charge is 2.32. The third-order valence-corrected chi connectivity index (χ3v) is 3.62. The zero-order valence-corrected chi connectivity index (χ0v) is 11.9. The molecule has 0 aliphatic carbocycles. The first-order chi connectivity index (χ1) is 8.90. The minimum atomic E-state index is -4.34. The minimum absolute atomic E-state index is 0.0346. The monoisotopic (exact) mass is 338 g/mol. The fourth-order valence-corrected chi connectivity index (χ4v) is 2.44. The van der Waals surface area contributed by atoms with Crippen LogP contribution in [0.1, 0.15) is 12.5 Å². The molecule has 0 aromatic carbocycles. The lowest BCUT2D eigenvalue weighted by atomic mass is 10.2. The smallest absolute Gasteiger partial charge is 0.371 e. The Kier molecular flexibility index (Phi) is 4.35. The maximum Gasteiger partial charge on any atom is 0.416 e. The van der Waals surface area contributed by atoms with E-state index in [2.05, 4.69) is 20.9 Å². The zero-order valence-electron chi connectivity index (χ0n) is 10.3. The summed E-state index contributed by atoms with van der Waals surface area (Å²) in [6.45, 7) is 2.97. The zero-order chi connectivity index (χ0) is 14.0. The quantitative estimate of drug-likeness (QED) is 0.775. The summed E-state index contributed by atoms with van der Waals surface area (Å²) < 4.78 is 43.7. The van der Waals surface area contributed by atoms with Crippen LogP contribution in [-0.2, 0) is 10.9 Å². The molecule has 1 aliphatic heterocycles. The normalized spacial score (nSPS) is 24.6. The second-order valence-electron chi connectivity index (χ2n) is 4.53. The fraction of sp³-hybridized carbons (Fsp3) is 0.583. The van der Waals surface area contributed by atoms with Gasteiger partial charge in [0, 0.05) is 24.6 Å². The predicted octanol–water partition coefficient (Wildman–Crippen LogP) is 3.09. The molecule has 0 bridgehead atoms. The predicted molar refractivity (Wildman–Crippen MR) is 69.6 cm³/mol. The summed E-state index contributed by atoms with van der Waals surface area (Å²) >= 11 is 3.33. The van der Waals surface area contributed by atoms with E-state index in [0.717, 1.165) is 12.1 Å². The van der Waals surface area contributed by atoms with Crippen LogP contribution in [0, 0.1) is 0 Å². The van der Waals surface area contributed by atoms with Crippen molar-refractivity contribution in [3.05, 3.63) is 23.9 Å². The lowest BCUT2D eigenvalue weighted by Crippen LogP contribution is -2.47. The van der Waals surface area contributed by atoms with Crippen LogP contribution in [-0.4, -0.2) is 35.6 Å². The van der Waals surface area contributed by atoms with Gasteiger partial charge < -0.3 is 9.64 Å². The standard InChI is InChI=1S/C12H14BrF3N2O/c1-8-6-18(7-10(5-13)19-8)11-4-9(2-3-17-11)12(14,15)16/h2-4,8,10H,5-7H2,1H3. The van der Waals surface area contributed by atoms with Gasteiger partial charge in [-0.15, -0.1) is 0 Å². The highest BCUT2D eigenvalue weighted by Crippen LogP contribution is 2.31. The van der Waals surface area contributed by atoms with E-state index in [0.29, 0.717) is 24.2 Å². The Morgan fingerprint density at radius 1 is 1.47 bits per heavy atom. The number of anilines is 1. The van der Waals surface area contributed by atoms with E-state index in [1.165, 1.54) is 6.20 Å². The van der Waals surface area contributed by atoms with Gasteiger partial charge in [0.15, 0.2) is 0 Å². The molecule has 2 unspecified atom stereocenters. The molecule has 1 aromatic heterocycles. The van der Waals surface area contributed by atoms with E-state index in [4.69, 9.17) is 4.74 Å². The summed E-state index contributed by atoms with van der Waals surface area (Å²) in [5.41, 5.74) is -0.674. The number of hydrogen-bond donors (Lipinski definition) is 0. The van der Waals surface area contributed by atoms with Crippen LogP contribution in [0.3, 0.4) is 0 Å². The number of alkyl halides is 4. The molecule has 19 heavy (non-hydrogen) atoms. The minimum Gasteiger partial charge on any atom is -0.371 e. The van der Waals surface area contributed by atoms with Crippen molar-refractivity contribution in [2.45, 2.75) is 25.3 Å². The molecule has 1 fully saturated rings. The van der Waals surface area contributed by atoms with Gasteiger partial charge in [-0.2, -0.15) is 13.2 Å². The van der Waals surface area contributed by atoms with Crippen LogP contribution in [0.5, 0.6) is 0 Å². The van der Waals surface area contributed by atoms with E-state index in [1.807, 2.05) is 11.8 Å². The molecule has 106 valence electrons. The summed E-state index contributed by atoms with van der Waals surface area (Å²) in [6, 6.07) is 2.07. The molecule has 0 spiro atoms. The topological polar surface area (TPSA) is 25.4 Å². The second-order valence-corrected chi connectivity index (χ2v) is 5.18. The molecule has 0 radical (unpaired) electrons. The third-order valence-electron chi connectivity index (χ3n) is 2.90. The van der Waals surface area contributed by atoms with Crippen molar-refractivity contribution in [3.63, 3.8) is 0 Å². The van der Waals surface area contributed by atoms with Gasteiger partial charge in [0.2, 0.25) is 0 Å². The van der Waals surface area contributed by atoms with Gasteiger partial charge in [-0.1, -0.05) is 15.9 Å². The van der Waals surface area contributed by atoms with Gasteiger partial charge in [-0.05, 0) is 19.1 Å². The van der Waals surface area contributed by atoms with Crippen LogP contribution in [0.2, 0.25) is 0 Å². The molecule has 0 saturated carbocycles. The Morgan fingerprint density at radius 3 is 2.84 bits per heavy atom. The molecular weight excluding hydrogens is 325 g/mol. The van der Waals surface area contributed by atoms with E-state index < -0.39 is 11.7 Å². The van der Waals surface area contributed by atoms with Crippen molar-refractivity contribution >= 4 is 21.7 Å². The first kappa shape index (κ1) is 14.6. The van der Waals surface area contributed by atoms with Crippen molar-refractivity contribution < 1.29 is 17.9 Å². The van der Waals surface area contributed by atoms with Crippen molar-refractivity contribution in [3.8, 4) is 0 Å². The first-order valence-electron chi connectivity index (χ1n) is 5.89. The fourth-order valence-electron chi connectivity index (χ4n) is 2.09. The highest BCUT2D eigenvalue weighted by molar-refractivity contribution is 9.09. The summed E-state index contributed by atoms with van der Waals surface area (Å²) in [4.78, 5) is 5.86. The van der Waals surface area contributed by atoms with Gasteiger partial charge in [0.25, 0.3) is 0 Å². The average Bonchev–Trinajstić information content (AvgIpc) is 2.37. The average molecular weight is 339 g/mol. The number of nitrogens with zero attached hydrogens (tertiary/aromatic N) is 2. The summed E-state index contributed by atoms with van der Waals surface area (Å²) in [5, 5.41) is 0.646. The van der Waals surface area contributed by atoms with Crippen LogP contribution >= 0.6 is 15.9 Å². The Morgan fingerprint density at radius 2 is 2.21 bits per heavy atom. The third kappa shape index (κ3) is 3.60. The molecule has 2 heterocycles. The molecule has 1 saturated heterocycles. The number of aromatic nitrogens is 1. The Bertz CT molecular complexity index is 441. The molecule has 1 aliphatic rings. The van der Waals surface area contributed by atoms with Gasteiger partial charge in [-0.3, -0.25) is 0 Å². The molecule has 0 N–H and O–H groups in total. The van der Waals surface area contributed by atoms with E-state index in [1.54, 1.807) is 0 Å². The molecule has 1 aromatic rings. The Labute approximate surface area is 117 Å². The van der Waals surface area contributed by atoms with Crippen LogP contribution in [0.25, 0.3) is 0 Å². The summed E-state index contributed by atoms with van der Waals surface area (Å²) in [6.07, 6.45) is -3.22. The molecule has 2 rings (SSSR count). The number of halogens is 4. The van der Waals surface area contributed by atoms with Crippen LogP contribution in [0.15, 0.2) is 18.3 Å². The van der Waals surface area contributed by atoms with Crippen molar-refractivity contribution in [2.75, 3.05) is 23.3 Å². The largest absolute Gasteiger partial charge is 0.416 e. The number of ether oxygens (including phenoxy) is 1. The Hall–Kier alpha value is -0.820. The van der Waals surface area contributed by atoms with E-state index in [9.17, 15) is 13.2 Å². The van der Waals surface area contributed by atoms with E-state index in [-0.39, 0.29) is 12.2 Å². The number of pyridine rings is 1. The second kappa shape index (κ2) is 5.66. The molecule has 3 nitrogen and oxygen atoms in total. The van der Waals surface area contributed by atoms with Crippen molar-refractivity contribution in [2.24, 2.45) is 0 Å².